The Bertz CT molecular complexity index is 797. The Balaban J connectivity index is 1.66. The minimum atomic E-state index is 0.615. The predicted octanol–water partition coefficient (Wildman–Crippen LogP) is 4.22. The third-order valence-electron chi connectivity index (χ3n) is 4.90. The van der Waals surface area contributed by atoms with Gasteiger partial charge >= 0.3 is 0 Å². The standard InChI is InChI=1S/C21H23N3/c1-24-15-20(18-11-13-22-14-12-18)21(23-24)19-9-7-17(8-10-19)16-5-3-2-4-6-16/h2-10,15,18,22H,11-14H2,1H3. The summed E-state index contributed by atoms with van der Waals surface area (Å²) in [7, 11) is 2.02. The van der Waals surface area contributed by atoms with E-state index in [1.807, 2.05) is 11.7 Å². The third kappa shape index (κ3) is 3.00. The summed E-state index contributed by atoms with van der Waals surface area (Å²) >= 11 is 0. The van der Waals surface area contributed by atoms with Crippen molar-refractivity contribution in [2.45, 2.75) is 18.8 Å². The summed E-state index contributed by atoms with van der Waals surface area (Å²) in [6.07, 6.45) is 4.60. The third-order valence-corrected chi connectivity index (χ3v) is 4.90. The van der Waals surface area contributed by atoms with Gasteiger partial charge < -0.3 is 5.32 Å². The maximum Gasteiger partial charge on any atom is 0.0957 e. The van der Waals surface area contributed by atoms with Crippen LogP contribution in [-0.4, -0.2) is 22.9 Å². The molecule has 0 spiro atoms. The van der Waals surface area contributed by atoms with Gasteiger partial charge in [0.2, 0.25) is 0 Å². The van der Waals surface area contributed by atoms with Crippen molar-refractivity contribution in [1.82, 2.24) is 15.1 Å². The van der Waals surface area contributed by atoms with Crippen LogP contribution in [0.3, 0.4) is 0 Å². The van der Waals surface area contributed by atoms with Gasteiger partial charge in [-0.1, -0.05) is 54.6 Å². The molecule has 2 heterocycles. The normalized spacial score (nSPS) is 15.5. The monoisotopic (exact) mass is 317 g/mol. The van der Waals surface area contributed by atoms with Crippen LogP contribution in [0.5, 0.6) is 0 Å². The number of aromatic nitrogens is 2. The van der Waals surface area contributed by atoms with E-state index < -0.39 is 0 Å². The van der Waals surface area contributed by atoms with Crippen molar-refractivity contribution in [2.24, 2.45) is 7.05 Å². The first kappa shape index (κ1) is 15.2. The average molecular weight is 317 g/mol. The summed E-state index contributed by atoms with van der Waals surface area (Å²) in [5, 5.41) is 8.20. The zero-order valence-electron chi connectivity index (χ0n) is 14.1. The van der Waals surface area contributed by atoms with E-state index in [0.717, 1.165) is 18.8 Å². The summed E-state index contributed by atoms with van der Waals surface area (Å²) < 4.78 is 1.96. The Morgan fingerprint density at radius 3 is 2.21 bits per heavy atom. The maximum atomic E-state index is 4.75. The number of aryl methyl sites for hydroxylation is 1. The predicted molar refractivity (Wildman–Crippen MR) is 98.9 cm³/mol. The van der Waals surface area contributed by atoms with E-state index in [9.17, 15) is 0 Å². The minimum Gasteiger partial charge on any atom is -0.317 e. The first-order chi connectivity index (χ1) is 11.8. The molecule has 1 saturated heterocycles. The van der Waals surface area contributed by atoms with Gasteiger partial charge in [-0.25, -0.2) is 0 Å². The minimum absolute atomic E-state index is 0.615. The average Bonchev–Trinajstić information content (AvgIpc) is 3.05. The molecular weight excluding hydrogens is 294 g/mol. The molecule has 2 aromatic carbocycles. The van der Waals surface area contributed by atoms with Crippen LogP contribution in [0.25, 0.3) is 22.4 Å². The molecule has 1 aromatic heterocycles. The van der Waals surface area contributed by atoms with E-state index in [-0.39, 0.29) is 0 Å². The smallest absolute Gasteiger partial charge is 0.0957 e. The van der Waals surface area contributed by atoms with Crippen molar-refractivity contribution < 1.29 is 0 Å². The van der Waals surface area contributed by atoms with Crippen LogP contribution in [0, 0.1) is 0 Å². The van der Waals surface area contributed by atoms with E-state index in [1.165, 1.54) is 35.1 Å². The van der Waals surface area contributed by atoms with E-state index >= 15 is 0 Å². The molecular formula is C21H23N3. The second kappa shape index (κ2) is 6.62. The van der Waals surface area contributed by atoms with Crippen LogP contribution in [0.4, 0.5) is 0 Å². The van der Waals surface area contributed by atoms with Crippen molar-refractivity contribution in [3.63, 3.8) is 0 Å². The van der Waals surface area contributed by atoms with Gasteiger partial charge in [0.15, 0.2) is 0 Å². The van der Waals surface area contributed by atoms with Gasteiger partial charge in [-0.05, 0) is 43.0 Å². The van der Waals surface area contributed by atoms with Crippen molar-refractivity contribution >= 4 is 0 Å². The summed E-state index contributed by atoms with van der Waals surface area (Å²) in [6.45, 7) is 2.21. The van der Waals surface area contributed by atoms with Gasteiger partial charge in [-0.3, -0.25) is 4.68 Å². The molecule has 122 valence electrons. The number of hydrogen-bond donors (Lipinski definition) is 1. The second-order valence-corrected chi connectivity index (χ2v) is 6.57. The number of nitrogens with one attached hydrogen (secondary N) is 1. The zero-order valence-corrected chi connectivity index (χ0v) is 14.1. The van der Waals surface area contributed by atoms with Gasteiger partial charge in [-0.2, -0.15) is 5.10 Å². The van der Waals surface area contributed by atoms with E-state index in [0.29, 0.717) is 5.92 Å². The number of rotatable bonds is 3. The topological polar surface area (TPSA) is 29.9 Å². The molecule has 1 aliphatic rings. The summed E-state index contributed by atoms with van der Waals surface area (Å²) in [5.41, 5.74) is 6.25. The van der Waals surface area contributed by atoms with Gasteiger partial charge in [0.25, 0.3) is 0 Å². The van der Waals surface area contributed by atoms with Crippen LogP contribution in [-0.2, 0) is 7.05 Å². The highest BCUT2D eigenvalue weighted by Gasteiger charge is 2.21. The van der Waals surface area contributed by atoms with Crippen molar-refractivity contribution in [3.8, 4) is 22.4 Å². The lowest BCUT2D eigenvalue weighted by molar-refractivity contribution is 0.461. The Morgan fingerprint density at radius 2 is 1.50 bits per heavy atom. The van der Waals surface area contributed by atoms with Crippen LogP contribution in [0.2, 0.25) is 0 Å². The fraction of sp³-hybridized carbons (Fsp3) is 0.286. The van der Waals surface area contributed by atoms with Crippen LogP contribution >= 0.6 is 0 Å². The van der Waals surface area contributed by atoms with Crippen molar-refractivity contribution in [2.75, 3.05) is 13.1 Å². The lowest BCUT2D eigenvalue weighted by Crippen LogP contribution is -2.26. The van der Waals surface area contributed by atoms with E-state index in [1.54, 1.807) is 0 Å². The van der Waals surface area contributed by atoms with Gasteiger partial charge in [0, 0.05) is 24.4 Å². The largest absolute Gasteiger partial charge is 0.317 e. The SMILES string of the molecule is Cn1cc(C2CCNCC2)c(-c2ccc(-c3ccccc3)cc2)n1. The molecule has 1 N–H and O–H groups in total. The second-order valence-electron chi connectivity index (χ2n) is 6.57. The molecule has 0 amide bonds. The van der Waals surface area contributed by atoms with E-state index in [4.69, 9.17) is 5.10 Å². The Hall–Kier alpha value is -2.39. The zero-order chi connectivity index (χ0) is 16.4. The molecule has 4 rings (SSSR count). The van der Waals surface area contributed by atoms with Gasteiger partial charge in [0.05, 0.1) is 5.69 Å². The highest BCUT2D eigenvalue weighted by molar-refractivity contribution is 5.70. The fourth-order valence-corrected chi connectivity index (χ4v) is 3.61. The molecule has 3 nitrogen and oxygen atoms in total. The number of piperidine rings is 1. The van der Waals surface area contributed by atoms with Crippen LogP contribution in [0.15, 0.2) is 60.8 Å². The lowest BCUT2D eigenvalue weighted by atomic mass is 9.89. The summed E-state index contributed by atoms with van der Waals surface area (Å²) in [5.74, 6) is 0.615. The molecule has 24 heavy (non-hydrogen) atoms. The molecule has 0 radical (unpaired) electrons. The molecule has 3 aromatic rings. The molecule has 0 saturated carbocycles. The molecule has 1 aliphatic heterocycles. The maximum absolute atomic E-state index is 4.75. The Morgan fingerprint density at radius 1 is 0.875 bits per heavy atom. The summed E-state index contributed by atoms with van der Waals surface area (Å²) in [6, 6.07) is 19.3. The summed E-state index contributed by atoms with van der Waals surface area (Å²) in [4.78, 5) is 0. The van der Waals surface area contributed by atoms with Gasteiger partial charge in [-0.15, -0.1) is 0 Å². The van der Waals surface area contributed by atoms with Crippen LogP contribution in [0.1, 0.15) is 24.3 Å². The highest BCUT2D eigenvalue weighted by Crippen LogP contribution is 2.33. The Kier molecular flexibility index (Phi) is 4.18. The van der Waals surface area contributed by atoms with Gasteiger partial charge in [0.1, 0.15) is 0 Å². The van der Waals surface area contributed by atoms with E-state index in [2.05, 4.69) is 66.1 Å². The Labute approximate surface area is 143 Å². The van der Waals surface area contributed by atoms with Crippen LogP contribution < -0.4 is 5.32 Å². The number of nitrogens with zero attached hydrogens (tertiary/aromatic N) is 2. The molecule has 0 bridgehead atoms. The van der Waals surface area contributed by atoms with Crippen molar-refractivity contribution in [3.05, 3.63) is 66.4 Å². The molecule has 0 atom stereocenters. The fourth-order valence-electron chi connectivity index (χ4n) is 3.61. The quantitative estimate of drug-likeness (QED) is 0.784. The van der Waals surface area contributed by atoms with Crippen molar-refractivity contribution in [1.29, 1.82) is 0 Å². The molecule has 0 unspecified atom stereocenters. The molecule has 0 aliphatic carbocycles. The number of benzene rings is 2. The lowest BCUT2D eigenvalue weighted by Gasteiger charge is -2.22. The number of hydrogen-bond acceptors (Lipinski definition) is 2. The first-order valence-corrected chi connectivity index (χ1v) is 8.71. The first-order valence-electron chi connectivity index (χ1n) is 8.71. The molecule has 1 fully saturated rings. The highest BCUT2D eigenvalue weighted by atomic mass is 15.3. The molecule has 3 heteroatoms.